The van der Waals surface area contributed by atoms with E-state index >= 15 is 0 Å². The number of H-pyrrole nitrogens is 1. The Hall–Kier alpha value is -2.92. The predicted molar refractivity (Wildman–Crippen MR) is 117 cm³/mol. The van der Waals surface area contributed by atoms with Crippen molar-refractivity contribution < 1.29 is 0 Å². The van der Waals surface area contributed by atoms with Crippen LogP contribution in [0.3, 0.4) is 0 Å². The van der Waals surface area contributed by atoms with Gasteiger partial charge in [-0.2, -0.15) is 0 Å². The zero-order chi connectivity index (χ0) is 19.8. The third-order valence-corrected chi connectivity index (χ3v) is 6.17. The quantitative estimate of drug-likeness (QED) is 0.524. The zero-order valence-corrected chi connectivity index (χ0v) is 16.7. The Kier molecular flexibility index (Phi) is 4.68. The number of rotatable bonds is 6. The number of hydrogen-bond acceptors (Lipinski definition) is 3. The molecule has 0 bridgehead atoms. The van der Waals surface area contributed by atoms with E-state index in [0.29, 0.717) is 11.9 Å². The Morgan fingerprint density at radius 1 is 1.17 bits per heavy atom. The monoisotopic (exact) mass is 386 g/mol. The molecule has 148 valence electrons. The summed E-state index contributed by atoms with van der Waals surface area (Å²) in [6, 6.07) is 10.6. The molecular formula is C24H26N4O. The number of aryl methyl sites for hydroxylation is 1. The summed E-state index contributed by atoms with van der Waals surface area (Å²) in [4.78, 5) is 20.6. The number of benzene rings is 1. The van der Waals surface area contributed by atoms with Gasteiger partial charge in [-0.15, -0.1) is 0 Å². The lowest BCUT2D eigenvalue weighted by Gasteiger charge is -2.25. The standard InChI is InChI=1S/C24H26N4O/c1-16-11-25-14-22-21(16)7-8-28(24(22)29)15-18-5-6-19-10-20(27-23(19)9-18)13-26-12-17-3-2-4-17/h5-11,14,17,26-27H,2-4,12-13,15H2,1H3. The summed E-state index contributed by atoms with van der Waals surface area (Å²) in [5.41, 5.74) is 4.47. The Labute approximate surface area is 169 Å². The van der Waals surface area contributed by atoms with Crippen LogP contribution >= 0.6 is 0 Å². The summed E-state index contributed by atoms with van der Waals surface area (Å²) in [5, 5.41) is 6.42. The van der Waals surface area contributed by atoms with Crippen LogP contribution in [0.2, 0.25) is 0 Å². The number of nitrogens with zero attached hydrogens (tertiary/aromatic N) is 2. The number of fused-ring (bicyclic) bond motifs is 2. The molecule has 1 aliphatic carbocycles. The van der Waals surface area contributed by atoms with Gasteiger partial charge in [0.25, 0.3) is 5.56 Å². The van der Waals surface area contributed by atoms with Crippen LogP contribution in [0.15, 0.2) is 53.7 Å². The van der Waals surface area contributed by atoms with Crippen LogP contribution in [-0.4, -0.2) is 21.1 Å². The van der Waals surface area contributed by atoms with Crippen LogP contribution in [0.25, 0.3) is 21.7 Å². The Balaban J connectivity index is 1.36. The van der Waals surface area contributed by atoms with Gasteiger partial charge < -0.3 is 14.9 Å². The maximum atomic E-state index is 12.9. The van der Waals surface area contributed by atoms with E-state index in [2.05, 4.69) is 39.6 Å². The summed E-state index contributed by atoms with van der Waals surface area (Å²) in [6.45, 7) is 4.51. The molecule has 1 fully saturated rings. The summed E-state index contributed by atoms with van der Waals surface area (Å²) in [7, 11) is 0. The van der Waals surface area contributed by atoms with E-state index < -0.39 is 0 Å². The minimum Gasteiger partial charge on any atom is -0.357 e. The van der Waals surface area contributed by atoms with Crippen LogP contribution in [0.1, 0.15) is 36.1 Å². The Bertz CT molecular complexity index is 1230. The van der Waals surface area contributed by atoms with Gasteiger partial charge in [-0.05, 0) is 72.3 Å². The molecule has 29 heavy (non-hydrogen) atoms. The fourth-order valence-corrected chi connectivity index (χ4v) is 4.21. The molecule has 3 heterocycles. The minimum absolute atomic E-state index is 0.00571. The lowest BCUT2D eigenvalue weighted by atomic mass is 9.85. The van der Waals surface area contributed by atoms with Crippen molar-refractivity contribution in [2.75, 3.05) is 6.54 Å². The van der Waals surface area contributed by atoms with E-state index in [1.165, 1.54) is 30.3 Å². The van der Waals surface area contributed by atoms with Crippen molar-refractivity contribution in [1.29, 1.82) is 0 Å². The second kappa shape index (κ2) is 7.48. The third-order valence-electron chi connectivity index (χ3n) is 6.17. The summed E-state index contributed by atoms with van der Waals surface area (Å²) < 4.78 is 1.76. The zero-order valence-electron chi connectivity index (χ0n) is 16.7. The molecular weight excluding hydrogens is 360 g/mol. The molecule has 5 heteroatoms. The summed E-state index contributed by atoms with van der Waals surface area (Å²) >= 11 is 0. The Morgan fingerprint density at radius 3 is 2.90 bits per heavy atom. The van der Waals surface area contributed by atoms with Crippen molar-refractivity contribution in [3.05, 3.63) is 76.1 Å². The fourth-order valence-electron chi connectivity index (χ4n) is 4.21. The van der Waals surface area contributed by atoms with E-state index in [4.69, 9.17) is 0 Å². The van der Waals surface area contributed by atoms with Crippen molar-refractivity contribution in [2.24, 2.45) is 5.92 Å². The van der Waals surface area contributed by atoms with Crippen LogP contribution in [0.4, 0.5) is 0 Å². The highest BCUT2D eigenvalue weighted by molar-refractivity contribution is 5.83. The highest BCUT2D eigenvalue weighted by Crippen LogP contribution is 2.25. The average Bonchev–Trinajstić information content (AvgIpc) is 3.08. The highest BCUT2D eigenvalue weighted by Gasteiger charge is 2.16. The van der Waals surface area contributed by atoms with Crippen LogP contribution in [0.5, 0.6) is 0 Å². The van der Waals surface area contributed by atoms with Gasteiger partial charge in [0.05, 0.1) is 11.9 Å². The largest absolute Gasteiger partial charge is 0.357 e. The van der Waals surface area contributed by atoms with Crippen LogP contribution in [0, 0.1) is 12.8 Å². The van der Waals surface area contributed by atoms with E-state index in [-0.39, 0.29) is 5.56 Å². The molecule has 3 aromatic heterocycles. The van der Waals surface area contributed by atoms with Gasteiger partial charge in [-0.3, -0.25) is 9.78 Å². The van der Waals surface area contributed by atoms with Gasteiger partial charge >= 0.3 is 0 Å². The molecule has 1 aliphatic rings. The molecule has 0 radical (unpaired) electrons. The molecule has 5 nitrogen and oxygen atoms in total. The van der Waals surface area contributed by atoms with Crippen LogP contribution < -0.4 is 10.9 Å². The molecule has 0 spiro atoms. The first kappa shape index (κ1) is 18.1. The minimum atomic E-state index is 0.00571. The molecule has 4 aromatic rings. The van der Waals surface area contributed by atoms with E-state index in [1.807, 2.05) is 19.2 Å². The smallest absolute Gasteiger partial charge is 0.260 e. The number of aromatic nitrogens is 3. The molecule has 0 saturated heterocycles. The topological polar surface area (TPSA) is 62.7 Å². The predicted octanol–water partition coefficient (Wildman–Crippen LogP) is 4.12. The number of pyridine rings is 2. The van der Waals surface area contributed by atoms with E-state index in [1.54, 1.807) is 17.0 Å². The van der Waals surface area contributed by atoms with Crippen molar-refractivity contribution in [1.82, 2.24) is 19.9 Å². The van der Waals surface area contributed by atoms with Gasteiger partial charge in [0.2, 0.25) is 0 Å². The van der Waals surface area contributed by atoms with Crippen molar-refractivity contribution in [2.45, 2.75) is 39.3 Å². The third kappa shape index (κ3) is 3.58. The fraction of sp³-hybridized carbons (Fsp3) is 0.333. The number of nitrogens with one attached hydrogen (secondary N) is 2. The highest BCUT2D eigenvalue weighted by atomic mass is 16.1. The van der Waals surface area contributed by atoms with Gasteiger partial charge in [0, 0.05) is 36.3 Å². The van der Waals surface area contributed by atoms with Crippen molar-refractivity contribution in [3.63, 3.8) is 0 Å². The number of hydrogen-bond donors (Lipinski definition) is 2. The number of aromatic amines is 1. The van der Waals surface area contributed by atoms with Gasteiger partial charge in [0.15, 0.2) is 0 Å². The molecule has 1 aromatic carbocycles. The van der Waals surface area contributed by atoms with E-state index in [0.717, 1.165) is 41.0 Å². The molecule has 0 atom stereocenters. The first-order chi connectivity index (χ1) is 14.2. The van der Waals surface area contributed by atoms with Crippen LogP contribution in [-0.2, 0) is 13.1 Å². The second-order valence-electron chi connectivity index (χ2n) is 8.31. The summed E-state index contributed by atoms with van der Waals surface area (Å²) in [6.07, 6.45) is 9.46. The lowest BCUT2D eigenvalue weighted by Crippen LogP contribution is -2.26. The average molecular weight is 386 g/mol. The van der Waals surface area contributed by atoms with Crippen molar-refractivity contribution >= 4 is 21.7 Å². The van der Waals surface area contributed by atoms with E-state index in [9.17, 15) is 4.79 Å². The molecule has 0 unspecified atom stereocenters. The van der Waals surface area contributed by atoms with Gasteiger partial charge in [0.1, 0.15) is 0 Å². The molecule has 2 N–H and O–H groups in total. The first-order valence-electron chi connectivity index (χ1n) is 10.4. The summed E-state index contributed by atoms with van der Waals surface area (Å²) in [5.74, 6) is 0.866. The molecule has 1 saturated carbocycles. The van der Waals surface area contributed by atoms with Gasteiger partial charge in [-0.1, -0.05) is 18.6 Å². The van der Waals surface area contributed by atoms with Gasteiger partial charge in [-0.25, -0.2) is 0 Å². The Morgan fingerprint density at radius 2 is 2.07 bits per heavy atom. The maximum absolute atomic E-state index is 12.9. The second-order valence-corrected chi connectivity index (χ2v) is 8.31. The SMILES string of the molecule is Cc1cncc2c(=O)n(Cc3ccc4cc(CNCC5CCC5)[nH]c4c3)ccc12. The first-order valence-corrected chi connectivity index (χ1v) is 10.4. The van der Waals surface area contributed by atoms with Crippen molar-refractivity contribution in [3.8, 4) is 0 Å². The lowest BCUT2D eigenvalue weighted by molar-refractivity contribution is 0.301. The maximum Gasteiger partial charge on any atom is 0.260 e. The normalized spacial score (nSPS) is 14.5. The molecule has 0 aliphatic heterocycles. The molecule has 5 rings (SSSR count). The molecule has 0 amide bonds.